The van der Waals surface area contributed by atoms with Crippen molar-refractivity contribution >= 4 is 0 Å². The summed E-state index contributed by atoms with van der Waals surface area (Å²) < 4.78 is 10.2. The number of nitrogens with zero attached hydrogens (tertiary/aromatic N) is 2. The van der Waals surface area contributed by atoms with Gasteiger partial charge in [-0.05, 0) is 13.0 Å². The van der Waals surface area contributed by atoms with Gasteiger partial charge in [-0.15, -0.1) is 0 Å². The van der Waals surface area contributed by atoms with Gasteiger partial charge in [0.15, 0.2) is 0 Å². The molecule has 0 aliphatic rings. The molecule has 96 valence electrons. The zero-order chi connectivity index (χ0) is 12.7. The number of ether oxygens (including phenoxy) is 2. The van der Waals surface area contributed by atoms with Crippen LogP contribution in [0.25, 0.3) is 0 Å². The molecule has 0 radical (unpaired) electrons. The molecule has 1 rings (SSSR count). The van der Waals surface area contributed by atoms with Gasteiger partial charge in [-0.2, -0.15) is 9.97 Å². The summed E-state index contributed by atoms with van der Waals surface area (Å²) in [5, 5.41) is 3.39. The number of nitrogens with one attached hydrogen (secondary N) is 1. The van der Waals surface area contributed by atoms with Crippen molar-refractivity contribution in [2.24, 2.45) is 0 Å². The Morgan fingerprint density at radius 3 is 2.18 bits per heavy atom. The third-order valence-corrected chi connectivity index (χ3v) is 2.56. The van der Waals surface area contributed by atoms with Crippen LogP contribution in [-0.4, -0.2) is 36.8 Å². The van der Waals surface area contributed by atoms with Crippen LogP contribution in [0.15, 0.2) is 6.07 Å². The van der Waals surface area contributed by atoms with E-state index in [1.54, 1.807) is 20.3 Å². The molecule has 1 atom stereocenters. The van der Waals surface area contributed by atoms with E-state index in [9.17, 15) is 0 Å². The van der Waals surface area contributed by atoms with Crippen molar-refractivity contribution in [3.8, 4) is 11.8 Å². The minimum Gasteiger partial charge on any atom is -0.481 e. The molecule has 1 unspecified atom stereocenters. The highest BCUT2D eigenvalue weighted by Gasteiger charge is 2.11. The topological polar surface area (TPSA) is 56.3 Å². The van der Waals surface area contributed by atoms with Crippen LogP contribution in [0.2, 0.25) is 0 Å². The lowest BCUT2D eigenvalue weighted by Gasteiger charge is -2.15. The molecule has 0 aromatic carbocycles. The van der Waals surface area contributed by atoms with Crippen LogP contribution in [0.1, 0.15) is 26.1 Å². The maximum Gasteiger partial charge on any atom is 0.220 e. The van der Waals surface area contributed by atoms with E-state index >= 15 is 0 Å². The van der Waals surface area contributed by atoms with Crippen molar-refractivity contribution in [3.63, 3.8) is 0 Å². The highest BCUT2D eigenvalue weighted by atomic mass is 16.5. The van der Waals surface area contributed by atoms with Crippen LogP contribution in [0.4, 0.5) is 0 Å². The fraction of sp³-hybridized carbons (Fsp3) is 0.667. The van der Waals surface area contributed by atoms with Gasteiger partial charge in [0, 0.05) is 12.5 Å². The average Bonchev–Trinajstić information content (AvgIpc) is 2.37. The molecule has 0 spiro atoms. The van der Waals surface area contributed by atoms with Crippen LogP contribution in [0, 0.1) is 0 Å². The first-order chi connectivity index (χ1) is 8.23. The second kappa shape index (κ2) is 7.06. The Morgan fingerprint density at radius 1 is 1.18 bits per heavy atom. The molecule has 17 heavy (non-hydrogen) atoms. The molecule has 1 aromatic heterocycles. The normalized spacial score (nSPS) is 12.2. The Morgan fingerprint density at radius 2 is 1.76 bits per heavy atom. The molecule has 1 heterocycles. The Hall–Kier alpha value is -1.36. The van der Waals surface area contributed by atoms with E-state index in [2.05, 4.69) is 29.1 Å². The molecule has 5 heteroatoms. The first-order valence-electron chi connectivity index (χ1n) is 5.92. The van der Waals surface area contributed by atoms with Crippen molar-refractivity contribution in [1.82, 2.24) is 15.3 Å². The summed E-state index contributed by atoms with van der Waals surface area (Å²) in [5.41, 5.74) is 0. The highest BCUT2D eigenvalue weighted by Crippen LogP contribution is 2.15. The summed E-state index contributed by atoms with van der Waals surface area (Å²) in [6.45, 7) is 5.18. The van der Waals surface area contributed by atoms with Crippen LogP contribution in [-0.2, 0) is 6.42 Å². The Labute approximate surface area is 103 Å². The van der Waals surface area contributed by atoms with E-state index in [1.807, 2.05) is 0 Å². The van der Waals surface area contributed by atoms with E-state index < -0.39 is 0 Å². The molecular formula is C12H21N3O2. The van der Waals surface area contributed by atoms with Crippen molar-refractivity contribution in [1.29, 1.82) is 0 Å². The molecule has 0 amide bonds. The van der Waals surface area contributed by atoms with Gasteiger partial charge in [0.2, 0.25) is 11.8 Å². The van der Waals surface area contributed by atoms with Gasteiger partial charge >= 0.3 is 0 Å². The third kappa shape index (κ3) is 4.19. The maximum atomic E-state index is 5.12. The molecular weight excluding hydrogens is 218 g/mol. The molecule has 0 aliphatic heterocycles. The van der Waals surface area contributed by atoms with Crippen LogP contribution in [0.5, 0.6) is 11.8 Å². The van der Waals surface area contributed by atoms with Crippen molar-refractivity contribution < 1.29 is 9.47 Å². The number of hydrogen-bond acceptors (Lipinski definition) is 5. The van der Waals surface area contributed by atoms with E-state index in [0.29, 0.717) is 17.8 Å². The molecule has 5 nitrogen and oxygen atoms in total. The summed E-state index contributed by atoms with van der Waals surface area (Å²) in [4.78, 5) is 8.63. The molecule has 0 saturated carbocycles. The van der Waals surface area contributed by atoms with Crippen molar-refractivity contribution in [2.45, 2.75) is 32.7 Å². The lowest BCUT2D eigenvalue weighted by atomic mass is 10.1. The number of likely N-dealkylation sites (N-methyl/N-ethyl adjacent to an activating group) is 1. The summed E-state index contributed by atoms with van der Waals surface area (Å²) >= 11 is 0. The molecule has 0 bridgehead atoms. The lowest BCUT2D eigenvalue weighted by Crippen LogP contribution is -2.30. The first kappa shape index (κ1) is 13.7. The maximum absolute atomic E-state index is 5.12. The molecule has 0 fully saturated rings. The number of methoxy groups -OCH3 is 2. The summed E-state index contributed by atoms with van der Waals surface area (Å²) in [5.74, 6) is 1.82. The summed E-state index contributed by atoms with van der Waals surface area (Å²) in [6.07, 6.45) is 1.81. The lowest BCUT2D eigenvalue weighted by molar-refractivity contribution is 0.365. The predicted molar refractivity (Wildman–Crippen MR) is 66.6 cm³/mol. The van der Waals surface area contributed by atoms with Gasteiger partial charge in [0.1, 0.15) is 5.82 Å². The quantitative estimate of drug-likeness (QED) is 0.780. The Balaban J connectivity index is 2.81. The second-order valence-electron chi connectivity index (χ2n) is 3.74. The monoisotopic (exact) mass is 239 g/mol. The first-order valence-corrected chi connectivity index (χ1v) is 5.92. The molecule has 0 saturated heterocycles. The van der Waals surface area contributed by atoms with Gasteiger partial charge in [-0.1, -0.05) is 13.8 Å². The average molecular weight is 239 g/mol. The van der Waals surface area contributed by atoms with Crippen molar-refractivity contribution in [3.05, 3.63) is 11.9 Å². The van der Waals surface area contributed by atoms with Gasteiger partial charge in [0.25, 0.3) is 0 Å². The van der Waals surface area contributed by atoms with Gasteiger partial charge < -0.3 is 14.8 Å². The van der Waals surface area contributed by atoms with E-state index in [4.69, 9.17) is 9.47 Å². The number of hydrogen-bond donors (Lipinski definition) is 1. The molecule has 1 N–H and O–H groups in total. The predicted octanol–water partition coefficient (Wildman–Crippen LogP) is 1.42. The zero-order valence-corrected chi connectivity index (χ0v) is 11.0. The Bertz CT molecular complexity index is 322. The smallest absolute Gasteiger partial charge is 0.220 e. The molecule has 1 aromatic rings. The van der Waals surface area contributed by atoms with E-state index in [1.165, 1.54) is 0 Å². The van der Waals surface area contributed by atoms with E-state index in [0.717, 1.165) is 25.2 Å². The Kier molecular flexibility index (Phi) is 5.69. The second-order valence-corrected chi connectivity index (χ2v) is 3.74. The fourth-order valence-electron chi connectivity index (χ4n) is 1.62. The summed E-state index contributed by atoms with van der Waals surface area (Å²) in [6, 6.07) is 2.06. The van der Waals surface area contributed by atoms with Crippen LogP contribution in [0.3, 0.4) is 0 Å². The summed E-state index contributed by atoms with van der Waals surface area (Å²) in [7, 11) is 3.18. The zero-order valence-electron chi connectivity index (χ0n) is 11.0. The van der Waals surface area contributed by atoms with Crippen molar-refractivity contribution in [2.75, 3.05) is 20.8 Å². The number of rotatable bonds is 7. The minimum absolute atomic E-state index is 0.386. The highest BCUT2D eigenvalue weighted by molar-refractivity contribution is 5.21. The minimum atomic E-state index is 0.386. The van der Waals surface area contributed by atoms with Gasteiger partial charge in [-0.25, -0.2) is 0 Å². The van der Waals surface area contributed by atoms with Crippen LogP contribution < -0.4 is 14.8 Å². The molecule has 0 aliphatic carbocycles. The van der Waals surface area contributed by atoms with Gasteiger partial charge in [-0.3, -0.25) is 0 Å². The number of aromatic nitrogens is 2. The largest absolute Gasteiger partial charge is 0.481 e. The SMILES string of the molecule is CCNC(CC)Cc1nc(OC)cc(OC)n1. The van der Waals surface area contributed by atoms with Gasteiger partial charge in [0.05, 0.1) is 20.3 Å². The van der Waals surface area contributed by atoms with E-state index in [-0.39, 0.29) is 0 Å². The van der Waals surface area contributed by atoms with Crippen LogP contribution >= 0.6 is 0 Å². The third-order valence-electron chi connectivity index (χ3n) is 2.56. The standard InChI is InChI=1S/C12H21N3O2/c1-5-9(13-6-2)7-10-14-11(16-3)8-12(15-10)17-4/h8-9,13H,5-7H2,1-4H3. The fourth-order valence-corrected chi connectivity index (χ4v) is 1.62.